The van der Waals surface area contributed by atoms with E-state index in [-0.39, 0.29) is 29.6 Å². The van der Waals surface area contributed by atoms with Crippen molar-refractivity contribution in [3.63, 3.8) is 0 Å². The van der Waals surface area contributed by atoms with E-state index in [9.17, 15) is 0 Å². The zero-order valence-electron chi connectivity index (χ0n) is 7.03. The zero-order chi connectivity index (χ0) is 6.62. The van der Waals surface area contributed by atoms with Gasteiger partial charge in [0.1, 0.15) is 0 Å². The first-order chi connectivity index (χ1) is 3.68. The quantitative estimate of drug-likeness (QED) is 0.408. The molecule has 0 atom stereocenters. The second-order valence-electron chi connectivity index (χ2n) is 2.24. The minimum absolute atomic E-state index is 0. The summed E-state index contributed by atoms with van der Waals surface area (Å²) in [4.78, 5) is 0. The van der Waals surface area contributed by atoms with Crippen LogP contribution in [0.5, 0.6) is 0 Å². The molecule has 0 saturated carbocycles. The first-order valence-electron chi connectivity index (χ1n) is 3.39. The smallest absolute Gasteiger partial charge is 0.796 e. The maximum Gasteiger partial charge on any atom is 1.00 e. The second-order valence-corrected chi connectivity index (χ2v) is 9.33. The molecular formula is C6H15NaSSi. The van der Waals surface area contributed by atoms with Gasteiger partial charge >= 0.3 is 29.6 Å². The van der Waals surface area contributed by atoms with E-state index in [0.717, 1.165) is 0 Å². The Morgan fingerprint density at radius 2 is 1.22 bits per heavy atom. The van der Waals surface area contributed by atoms with Crippen molar-refractivity contribution in [1.29, 1.82) is 0 Å². The van der Waals surface area contributed by atoms with Crippen LogP contribution in [0.25, 0.3) is 0 Å². The average molecular weight is 170 g/mol. The van der Waals surface area contributed by atoms with E-state index in [1.165, 1.54) is 18.1 Å². The molecule has 50 valence electrons. The van der Waals surface area contributed by atoms with E-state index in [0.29, 0.717) is 0 Å². The van der Waals surface area contributed by atoms with Crippen molar-refractivity contribution in [3.8, 4) is 0 Å². The summed E-state index contributed by atoms with van der Waals surface area (Å²) in [7, 11) is -1.09. The third-order valence-electron chi connectivity index (χ3n) is 1.93. The molecular weight excluding hydrogens is 155 g/mol. The molecule has 0 amide bonds. The predicted molar refractivity (Wildman–Crippen MR) is 44.6 cm³/mol. The normalized spacial score (nSPS) is 10.7. The van der Waals surface area contributed by atoms with E-state index < -0.39 is 7.22 Å². The topological polar surface area (TPSA) is 0 Å². The Kier molecular flexibility index (Phi) is 9.21. The fraction of sp³-hybridized carbons (Fsp3) is 1.00. The third-order valence-corrected chi connectivity index (χ3v) is 8.40. The van der Waals surface area contributed by atoms with Gasteiger partial charge < -0.3 is 12.1 Å². The Hall–Kier alpha value is 1.57. The van der Waals surface area contributed by atoms with Gasteiger partial charge in [0.2, 0.25) is 0 Å². The van der Waals surface area contributed by atoms with Gasteiger partial charge in [0.05, 0.1) is 0 Å². The monoisotopic (exact) mass is 170 g/mol. The van der Waals surface area contributed by atoms with Crippen molar-refractivity contribution in [2.24, 2.45) is 0 Å². The minimum atomic E-state index is -1.09. The molecule has 0 aliphatic carbocycles. The predicted octanol–water partition coefficient (Wildman–Crippen LogP) is -0.457. The van der Waals surface area contributed by atoms with Crippen LogP contribution >= 0.6 is 0 Å². The summed E-state index contributed by atoms with van der Waals surface area (Å²) in [5.41, 5.74) is 0. The van der Waals surface area contributed by atoms with Crippen LogP contribution in [0, 0.1) is 0 Å². The van der Waals surface area contributed by atoms with Gasteiger partial charge in [0, 0.05) is 0 Å². The number of rotatable bonds is 3. The summed E-state index contributed by atoms with van der Waals surface area (Å²) in [5.74, 6) is 0. The van der Waals surface area contributed by atoms with E-state index in [2.05, 4.69) is 20.8 Å². The molecule has 0 fully saturated rings. The summed E-state index contributed by atoms with van der Waals surface area (Å²) < 4.78 is 0. The molecule has 0 rings (SSSR count). The molecule has 0 aromatic carbocycles. The van der Waals surface area contributed by atoms with E-state index in [1.807, 2.05) is 0 Å². The van der Waals surface area contributed by atoms with Crippen molar-refractivity contribution >= 4 is 19.3 Å². The first-order valence-corrected chi connectivity index (χ1v) is 7.14. The van der Waals surface area contributed by atoms with Crippen LogP contribution in [-0.4, -0.2) is 7.22 Å². The molecule has 3 heteroatoms. The van der Waals surface area contributed by atoms with E-state index in [1.54, 1.807) is 0 Å². The van der Waals surface area contributed by atoms with Crippen LogP contribution in [0.15, 0.2) is 0 Å². The number of hydrogen-bond donors (Lipinski definition) is 0. The largest absolute Gasteiger partial charge is 1.00 e. The molecule has 0 aliphatic rings. The molecule has 0 unspecified atom stereocenters. The fourth-order valence-electron chi connectivity index (χ4n) is 0.750. The Bertz CT molecular complexity index is 55.8. The van der Waals surface area contributed by atoms with Gasteiger partial charge in [-0.25, -0.2) is 0 Å². The maximum absolute atomic E-state index is 5.44. The standard InChI is InChI=1S/C6H15SSi.Na/c1-4-8(7,5-2)6-3;/h4-6H2,1-3H3;/q-1;+1. The van der Waals surface area contributed by atoms with E-state index in [4.69, 9.17) is 12.1 Å². The number of hydrogen-bond acceptors (Lipinski definition) is 1. The molecule has 0 N–H and O–H groups in total. The Morgan fingerprint density at radius 3 is 1.22 bits per heavy atom. The van der Waals surface area contributed by atoms with Crippen molar-refractivity contribution < 1.29 is 29.6 Å². The molecule has 0 heterocycles. The molecule has 0 radical (unpaired) electrons. The van der Waals surface area contributed by atoms with Crippen molar-refractivity contribution in [3.05, 3.63) is 0 Å². The van der Waals surface area contributed by atoms with Gasteiger partial charge in [-0.05, 0) is 0 Å². The van der Waals surface area contributed by atoms with Gasteiger partial charge in [0.15, 0.2) is 0 Å². The average Bonchev–Trinajstić information content (AvgIpc) is 1.87. The van der Waals surface area contributed by atoms with Crippen molar-refractivity contribution in [1.82, 2.24) is 0 Å². The molecule has 0 aromatic heterocycles. The summed E-state index contributed by atoms with van der Waals surface area (Å²) in [6.07, 6.45) is 0. The van der Waals surface area contributed by atoms with Crippen LogP contribution < -0.4 is 29.6 Å². The Morgan fingerprint density at radius 1 is 1.00 bits per heavy atom. The van der Waals surface area contributed by atoms with Crippen LogP contribution in [0.2, 0.25) is 18.1 Å². The Balaban J connectivity index is 0. The van der Waals surface area contributed by atoms with E-state index >= 15 is 0 Å². The summed E-state index contributed by atoms with van der Waals surface area (Å²) in [6, 6.07) is 3.82. The molecule has 0 bridgehead atoms. The SMILES string of the molecule is CC[Si]([S-])(CC)CC.[Na+]. The van der Waals surface area contributed by atoms with Crippen molar-refractivity contribution in [2.45, 2.75) is 38.9 Å². The van der Waals surface area contributed by atoms with Gasteiger partial charge in [-0.2, -0.15) is 0 Å². The molecule has 0 aromatic rings. The van der Waals surface area contributed by atoms with Gasteiger partial charge in [-0.3, -0.25) is 0 Å². The summed E-state index contributed by atoms with van der Waals surface area (Å²) in [6.45, 7) is 6.69. The zero-order valence-corrected chi connectivity index (χ0v) is 10.8. The van der Waals surface area contributed by atoms with Crippen LogP contribution in [-0.2, 0) is 12.1 Å². The van der Waals surface area contributed by atoms with Crippen LogP contribution in [0.4, 0.5) is 0 Å². The molecule has 0 nitrogen and oxygen atoms in total. The summed E-state index contributed by atoms with van der Waals surface area (Å²) in [5, 5.41) is 0. The summed E-state index contributed by atoms with van der Waals surface area (Å²) >= 11 is 5.44. The Labute approximate surface area is 87.2 Å². The minimum Gasteiger partial charge on any atom is -0.796 e. The van der Waals surface area contributed by atoms with Crippen LogP contribution in [0.3, 0.4) is 0 Å². The second kappa shape index (κ2) is 6.29. The first kappa shape index (κ1) is 13.2. The van der Waals surface area contributed by atoms with Gasteiger partial charge in [0.25, 0.3) is 0 Å². The third kappa shape index (κ3) is 4.91. The van der Waals surface area contributed by atoms with Crippen LogP contribution in [0.1, 0.15) is 20.8 Å². The van der Waals surface area contributed by atoms with Gasteiger partial charge in [-0.1, -0.05) is 46.1 Å². The maximum atomic E-state index is 5.44. The molecule has 0 saturated heterocycles. The van der Waals surface area contributed by atoms with Crippen molar-refractivity contribution in [2.75, 3.05) is 0 Å². The molecule has 9 heavy (non-hydrogen) atoms. The molecule has 0 spiro atoms. The fourth-order valence-corrected chi connectivity index (χ4v) is 2.25. The molecule has 0 aliphatic heterocycles. The van der Waals surface area contributed by atoms with Gasteiger partial charge in [-0.15, -0.1) is 0 Å².